The molecule has 3 rings (SSSR count). The van der Waals surface area contributed by atoms with Crippen molar-refractivity contribution in [2.75, 3.05) is 5.32 Å². The van der Waals surface area contributed by atoms with Gasteiger partial charge in [0, 0.05) is 11.9 Å². The van der Waals surface area contributed by atoms with Crippen LogP contribution < -0.4 is 15.8 Å². The van der Waals surface area contributed by atoms with Gasteiger partial charge in [-0.2, -0.15) is 0 Å². The molecule has 0 bridgehead atoms. The number of anilines is 1. The molecule has 144 valence electrons. The molecule has 0 atom stereocenters. The lowest BCUT2D eigenvalue weighted by molar-refractivity contribution is 0.301. The lowest BCUT2D eigenvalue weighted by atomic mass is 10.0. The molecule has 0 spiro atoms. The summed E-state index contributed by atoms with van der Waals surface area (Å²) in [6.45, 7) is 5.29. The van der Waals surface area contributed by atoms with Crippen LogP contribution in [0.4, 0.5) is 5.69 Å². The van der Waals surface area contributed by atoms with Crippen LogP contribution in [-0.4, -0.2) is 10.9 Å². The van der Waals surface area contributed by atoms with E-state index in [0.29, 0.717) is 25.0 Å². The zero-order valence-corrected chi connectivity index (χ0v) is 16.3. The average molecular weight is 374 g/mol. The summed E-state index contributed by atoms with van der Waals surface area (Å²) in [6, 6.07) is 21.8. The van der Waals surface area contributed by atoms with Crippen LogP contribution in [0.2, 0.25) is 0 Å². The van der Waals surface area contributed by atoms with Crippen LogP contribution >= 0.6 is 0 Å². The topological polar surface area (TPSA) is 72.5 Å². The van der Waals surface area contributed by atoms with Crippen molar-refractivity contribution in [1.29, 1.82) is 0 Å². The smallest absolute Gasteiger partial charge is 0.193 e. The van der Waals surface area contributed by atoms with Gasteiger partial charge in [0.2, 0.25) is 0 Å². The molecule has 3 N–H and O–H groups in total. The number of aliphatic imine (C=N–C) groups is 1. The molecule has 0 saturated carbocycles. The van der Waals surface area contributed by atoms with Crippen LogP contribution in [0.25, 0.3) is 0 Å². The molecule has 0 unspecified atom stereocenters. The Morgan fingerprint density at radius 2 is 1.89 bits per heavy atom. The molecule has 5 nitrogen and oxygen atoms in total. The largest absolute Gasteiger partial charge is 0.487 e. The Labute approximate surface area is 166 Å². The van der Waals surface area contributed by atoms with Gasteiger partial charge in [-0.1, -0.05) is 44.2 Å². The predicted octanol–water partition coefficient (Wildman–Crippen LogP) is 4.71. The van der Waals surface area contributed by atoms with Gasteiger partial charge in [-0.15, -0.1) is 0 Å². The molecule has 0 amide bonds. The predicted molar refractivity (Wildman–Crippen MR) is 114 cm³/mol. The van der Waals surface area contributed by atoms with Crippen LogP contribution in [-0.2, 0) is 13.2 Å². The molecule has 0 radical (unpaired) electrons. The number of benzene rings is 2. The number of hydrogen-bond acceptors (Lipinski definition) is 3. The summed E-state index contributed by atoms with van der Waals surface area (Å²) >= 11 is 0. The fourth-order valence-corrected chi connectivity index (χ4v) is 2.67. The maximum absolute atomic E-state index is 6.03. The third-order valence-electron chi connectivity index (χ3n) is 4.29. The highest BCUT2D eigenvalue weighted by Crippen LogP contribution is 2.18. The summed E-state index contributed by atoms with van der Waals surface area (Å²) in [5.74, 6) is 1.67. The Kier molecular flexibility index (Phi) is 6.63. The van der Waals surface area contributed by atoms with E-state index >= 15 is 0 Å². The van der Waals surface area contributed by atoms with Gasteiger partial charge in [0.1, 0.15) is 12.4 Å². The van der Waals surface area contributed by atoms with Gasteiger partial charge in [-0.25, -0.2) is 4.99 Å². The first-order chi connectivity index (χ1) is 13.6. The van der Waals surface area contributed by atoms with Gasteiger partial charge in [-0.05, 0) is 53.4 Å². The SMILES string of the molecule is CC(C)c1cccc(NC(N)=NCc2ccc(OCc3ccccn3)cc2)c1. The molecular weight excluding hydrogens is 348 g/mol. The Hall–Kier alpha value is -3.34. The summed E-state index contributed by atoms with van der Waals surface area (Å²) in [6.07, 6.45) is 1.76. The highest BCUT2D eigenvalue weighted by molar-refractivity contribution is 5.92. The first-order valence-electron chi connectivity index (χ1n) is 9.39. The fraction of sp³-hybridized carbons (Fsp3) is 0.217. The van der Waals surface area contributed by atoms with E-state index in [9.17, 15) is 0 Å². The van der Waals surface area contributed by atoms with E-state index in [1.165, 1.54) is 5.56 Å². The first kappa shape index (κ1) is 19.4. The number of nitrogens with zero attached hydrogens (tertiary/aromatic N) is 2. The van der Waals surface area contributed by atoms with Gasteiger partial charge in [0.15, 0.2) is 5.96 Å². The molecular formula is C23H26N4O. The number of hydrogen-bond donors (Lipinski definition) is 2. The van der Waals surface area contributed by atoms with Crippen molar-refractivity contribution in [1.82, 2.24) is 4.98 Å². The van der Waals surface area contributed by atoms with Crippen LogP contribution in [0.15, 0.2) is 77.9 Å². The number of nitrogens with one attached hydrogen (secondary N) is 1. The Bertz CT molecular complexity index is 905. The van der Waals surface area contributed by atoms with Gasteiger partial charge in [0.25, 0.3) is 0 Å². The second-order valence-corrected chi connectivity index (χ2v) is 6.86. The standard InChI is InChI=1S/C23H26N4O/c1-17(2)19-6-5-8-20(14-19)27-23(24)26-15-18-9-11-22(12-10-18)28-16-21-7-3-4-13-25-21/h3-14,17H,15-16H2,1-2H3,(H3,24,26,27). The average Bonchev–Trinajstić information content (AvgIpc) is 2.72. The minimum absolute atomic E-state index is 0.399. The van der Waals surface area contributed by atoms with Crippen LogP contribution in [0.1, 0.15) is 36.6 Å². The highest BCUT2D eigenvalue weighted by atomic mass is 16.5. The van der Waals surface area contributed by atoms with E-state index in [-0.39, 0.29) is 0 Å². The van der Waals surface area contributed by atoms with E-state index in [0.717, 1.165) is 22.7 Å². The summed E-state index contributed by atoms with van der Waals surface area (Å²) < 4.78 is 5.75. The van der Waals surface area contributed by atoms with Gasteiger partial charge < -0.3 is 15.8 Å². The van der Waals surface area contributed by atoms with Crippen molar-refractivity contribution in [3.63, 3.8) is 0 Å². The third kappa shape index (κ3) is 5.84. The quantitative estimate of drug-likeness (QED) is 0.464. The van der Waals surface area contributed by atoms with Crippen molar-refractivity contribution < 1.29 is 4.74 Å². The number of rotatable bonds is 7. The number of aromatic nitrogens is 1. The summed E-state index contributed by atoms with van der Waals surface area (Å²) in [7, 11) is 0. The van der Waals surface area contributed by atoms with Crippen LogP contribution in [0, 0.1) is 0 Å². The van der Waals surface area contributed by atoms with Crippen LogP contribution in [0.5, 0.6) is 5.75 Å². The molecule has 3 aromatic rings. The molecule has 0 aliphatic heterocycles. The minimum atomic E-state index is 0.399. The number of nitrogens with two attached hydrogens (primary N) is 1. The van der Waals surface area contributed by atoms with E-state index in [1.807, 2.05) is 54.6 Å². The normalized spacial score (nSPS) is 11.5. The molecule has 28 heavy (non-hydrogen) atoms. The Morgan fingerprint density at radius 3 is 2.61 bits per heavy atom. The van der Waals surface area contributed by atoms with Gasteiger partial charge in [0.05, 0.1) is 12.2 Å². The van der Waals surface area contributed by atoms with Crippen molar-refractivity contribution >= 4 is 11.6 Å². The van der Waals surface area contributed by atoms with Crippen molar-refractivity contribution in [2.45, 2.75) is 32.9 Å². The van der Waals surface area contributed by atoms with Gasteiger partial charge in [-0.3, -0.25) is 4.98 Å². The molecule has 0 aliphatic carbocycles. The first-order valence-corrected chi connectivity index (χ1v) is 9.39. The molecule has 1 aromatic heterocycles. The molecule has 1 heterocycles. The molecule has 0 fully saturated rings. The van der Waals surface area contributed by atoms with E-state index in [2.05, 4.69) is 41.3 Å². The van der Waals surface area contributed by atoms with E-state index < -0.39 is 0 Å². The summed E-state index contributed by atoms with van der Waals surface area (Å²) in [5.41, 5.74) is 10.2. The van der Waals surface area contributed by atoms with Gasteiger partial charge >= 0.3 is 0 Å². The third-order valence-corrected chi connectivity index (χ3v) is 4.29. The molecule has 0 aliphatic rings. The van der Waals surface area contributed by atoms with Crippen LogP contribution in [0.3, 0.4) is 0 Å². The van der Waals surface area contributed by atoms with E-state index in [4.69, 9.17) is 10.5 Å². The highest BCUT2D eigenvalue weighted by Gasteiger charge is 2.02. The lowest BCUT2D eigenvalue weighted by Gasteiger charge is -2.10. The zero-order chi connectivity index (χ0) is 19.8. The number of ether oxygens (including phenoxy) is 1. The van der Waals surface area contributed by atoms with Crippen molar-refractivity contribution in [2.24, 2.45) is 10.7 Å². The maximum atomic E-state index is 6.03. The maximum Gasteiger partial charge on any atom is 0.193 e. The summed E-state index contributed by atoms with van der Waals surface area (Å²) in [5, 5.41) is 3.15. The van der Waals surface area contributed by atoms with Crippen molar-refractivity contribution in [3.8, 4) is 5.75 Å². The second kappa shape index (κ2) is 9.55. The molecule has 0 saturated heterocycles. The summed E-state index contributed by atoms with van der Waals surface area (Å²) in [4.78, 5) is 8.67. The Morgan fingerprint density at radius 1 is 1.07 bits per heavy atom. The molecule has 2 aromatic carbocycles. The minimum Gasteiger partial charge on any atom is -0.487 e. The molecule has 5 heteroatoms. The van der Waals surface area contributed by atoms with E-state index in [1.54, 1.807) is 6.20 Å². The monoisotopic (exact) mass is 374 g/mol. The fourth-order valence-electron chi connectivity index (χ4n) is 2.67. The number of pyridine rings is 1. The second-order valence-electron chi connectivity index (χ2n) is 6.86. The lowest BCUT2D eigenvalue weighted by Crippen LogP contribution is -2.22. The number of guanidine groups is 1. The zero-order valence-electron chi connectivity index (χ0n) is 16.3. The van der Waals surface area contributed by atoms with Crippen molar-refractivity contribution in [3.05, 3.63) is 89.7 Å². The Balaban J connectivity index is 1.52.